The summed E-state index contributed by atoms with van der Waals surface area (Å²) in [4.78, 5) is 42.5. The van der Waals surface area contributed by atoms with Crippen molar-refractivity contribution in [3.05, 3.63) is 235 Å². The maximum atomic E-state index is 12.6. The molecule has 2 unspecified atom stereocenters. The van der Waals surface area contributed by atoms with Crippen LogP contribution in [0.25, 0.3) is 11.1 Å². The Hall–Kier alpha value is -8.40. The van der Waals surface area contributed by atoms with Crippen LogP contribution in [0, 0.1) is 13.8 Å². The maximum Gasteiger partial charge on any atom is 0.234 e. The summed E-state index contributed by atoms with van der Waals surface area (Å²) in [7, 11) is 1.71. The van der Waals surface area contributed by atoms with Gasteiger partial charge in [-0.2, -0.15) is 0 Å². The molecule has 2 amide bonds. The molecule has 1 aliphatic heterocycles. The van der Waals surface area contributed by atoms with Crippen molar-refractivity contribution in [1.82, 2.24) is 20.6 Å². The van der Waals surface area contributed by atoms with Crippen molar-refractivity contribution < 1.29 is 28.5 Å². The van der Waals surface area contributed by atoms with E-state index in [1.165, 1.54) is 0 Å². The number of aliphatic imine (C=N–C) groups is 2. The molecule has 0 aliphatic carbocycles. The number of pyridine rings is 2. The molecule has 1 aliphatic rings. The molecule has 6 N–H and O–H groups in total. The fourth-order valence-corrected chi connectivity index (χ4v) is 9.76. The van der Waals surface area contributed by atoms with Gasteiger partial charge in [0.25, 0.3) is 0 Å². The molecule has 0 bridgehead atoms. The highest BCUT2D eigenvalue weighted by Crippen LogP contribution is 2.38. The quantitative estimate of drug-likeness (QED) is 0.0360. The Morgan fingerprint density at radius 1 is 0.562 bits per heavy atom. The van der Waals surface area contributed by atoms with E-state index in [-0.39, 0.29) is 39.5 Å². The predicted octanol–water partition coefficient (Wildman–Crippen LogP) is 10.6. The molecule has 408 valence electrons. The van der Waals surface area contributed by atoms with Crippen molar-refractivity contribution in [3.8, 4) is 34.1 Å². The van der Waals surface area contributed by atoms with Crippen molar-refractivity contribution in [1.29, 1.82) is 0 Å². The summed E-state index contributed by atoms with van der Waals surface area (Å²) in [5.74, 6) is 0.968. The molecule has 0 saturated heterocycles. The van der Waals surface area contributed by atoms with Gasteiger partial charge in [0.15, 0.2) is 0 Å². The van der Waals surface area contributed by atoms with Crippen LogP contribution >= 0.6 is 23.2 Å². The van der Waals surface area contributed by atoms with E-state index in [9.17, 15) is 9.59 Å². The van der Waals surface area contributed by atoms with Crippen LogP contribution < -0.4 is 41.0 Å². The summed E-state index contributed by atoms with van der Waals surface area (Å²) in [5.41, 5.74) is 25.7. The van der Waals surface area contributed by atoms with Crippen molar-refractivity contribution >= 4 is 46.9 Å². The summed E-state index contributed by atoms with van der Waals surface area (Å²) >= 11 is 14.0. The first-order valence-corrected chi connectivity index (χ1v) is 26.9. The van der Waals surface area contributed by atoms with Crippen LogP contribution in [-0.4, -0.2) is 59.4 Å². The van der Waals surface area contributed by atoms with Crippen LogP contribution in [0.5, 0.6) is 23.0 Å². The zero-order valence-corrected chi connectivity index (χ0v) is 46.3. The smallest absolute Gasteiger partial charge is 0.234 e. The van der Waals surface area contributed by atoms with Gasteiger partial charge in [-0.15, -0.1) is 0 Å². The molecule has 2 atom stereocenters. The third-order valence-corrected chi connectivity index (χ3v) is 14.4. The molecule has 8 aromatic rings. The summed E-state index contributed by atoms with van der Waals surface area (Å²) in [6, 6.07) is 41.6. The van der Waals surface area contributed by atoms with Crippen molar-refractivity contribution in [2.75, 3.05) is 13.6 Å². The first-order chi connectivity index (χ1) is 38.9. The van der Waals surface area contributed by atoms with Crippen LogP contribution in [0.15, 0.2) is 168 Å². The number of nitrogens with zero attached hydrogens (tertiary/aromatic N) is 4. The standard InChI is InChI=1S/C64H62Cl2N8O6/c1-40-47(38-79-61-26-59(77-36-45-20-44(28-69-3)29-70-30-45)50(24-54(61)65)33-72-56(63(67)75)22-42-12-6-4-7-13-42)16-10-18-52(40)53-19-11-17-48(41(53)2)39-80-62-27-60(78-37-46-21-49(32-71-31-46)58-35-74-58)51(25-55(62)66)34-73-57(64(68)76)23-43-14-8-5-9-15-43/h4-21,24-32,56-57,72-73H,22-23,33-39H2,1-3H3,(H2,67,75)(H2,68,76)/b69-28+. The predicted molar refractivity (Wildman–Crippen MR) is 315 cm³/mol. The Bertz CT molecular complexity index is 3540. The number of carbonyl (C=O) groups excluding carboxylic acids is 2. The number of aromatic nitrogens is 2. The van der Waals surface area contributed by atoms with Crippen molar-refractivity contribution in [3.63, 3.8) is 0 Å². The molecule has 3 heterocycles. The molecule has 2 aromatic heterocycles. The van der Waals surface area contributed by atoms with Crippen LogP contribution in [-0.2, 0) is 61.9 Å². The largest absolute Gasteiger partial charge is 0.488 e. The third-order valence-electron chi connectivity index (χ3n) is 13.8. The average Bonchev–Trinajstić information content (AvgIpc) is 4.33. The number of rotatable bonds is 27. The lowest BCUT2D eigenvalue weighted by Crippen LogP contribution is -2.42. The van der Waals surface area contributed by atoms with Crippen LogP contribution in [0.1, 0.15) is 66.8 Å². The van der Waals surface area contributed by atoms with Gasteiger partial charge < -0.3 is 41.0 Å². The van der Waals surface area contributed by atoms with Gasteiger partial charge in [0.2, 0.25) is 11.8 Å². The normalized spacial score (nSPS) is 12.6. The highest BCUT2D eigenvalue weighted by atomic mass is 35.5. The Morgan fingerprint density at radius 2 is 1.02 bits per heavy atom. The van der Waals surface area contributed by atoms with E-state index < -0.39 is 23.9 Å². The first-order valence-electron chi connectivity index (χ1n) is 26.2. The fourth-order valence-electron chi connectivity index (χ4n) is 9.28. The number of halogens is 2. The number of hydrogen-bond donors (Lipinski definition) is 4. The minimum Gasteiger partial charge on any atom is -0.488 e. The molecule has 9 rings (SSSR count). The number of amides is 2. The van der Waals surface area contributed by atoms with Gasteiger partial charge in [0, 0.05) is 96.7 Å². The van der Waals surface area contributed by atoms with Gasteiger partial charge in [-0.1, -0.05) is 120 Å². The Kier molecular flexibility index (Phi) is 19.0. The number of benzene rings is 6. The molecule has 16 heteroatoms. The zero-order chi connectivity index (χ0) is 56.0. The van der Waals surface area contributed by atoms with Crippen LogP contribution in [0.3, 0.4) is 0 Å². The molecule has 0 radical (unpaired) electrons. The number of carbonyl (C=O) groups is 2. The number of nitrogens with one attached hydrogen (secondary N) is 2. The lowest BCUT2D eigenvalue weighted by Gasteiger charge is -2.20. The van der Waals surface area contributed by atoms with Gasteiger partial charge in [-0.25, -0.2) is 0 Å². The summed E-state index contributed by atoms with van der Waals surface area (Å²) in [6.07, 6.45) is 9.61. The summed E-state index contributed by atoms with van der Waals surface area (Å²) in [6.45, 7) is 6.22. The number of primary amides is 2. The van der Waals surface area contributed by atoms with Crippen molar-refractivity contribution in [2.24, 2.45) is 21.5 Å². The molecule has 14 nitrogen and oxygen atoms in total. The molecule has 80 heavy (non-hydrogen) atoms. The average molecular weight is 1110 g/mol. The highest BCUT2D eigenvalue weighted by molar-refractivity contribution is 6.32. The monoisotopic (exact) mass is 1110 g/mol. The Balaban J connectivity index is 0.915. The Labute approximate surface area is 476 Å². The van der Waals surface area contributed by atoms with E-state index in [4.69, 9.17) is 53.6 Å². The summed E-state index contributed by atoms with van der Waals surface area (Å²) in [5, 5.41) is 7.41. The molecule has 0 fully saturated rings. The van der Waals surface area contributed by atoms with E-state index in [2.05, 4.69) is 56.6 Å². The van der Waals surface area contributed by atoms with Gasteiger partial charge in [0.05, 0.1) is 34.4 Å². The van der Waals surface area contributed by atoms with E-state index in [0.717, 1.165) is 78.0 Å². The Morgan fingerprint density at radius 3 is 1.49 bits per heavy atom. The second-order valence-electron chi connectivity index (χ2n) is 19.5. The van der Waals surface area contributed by atoms with Gasteiger partial charge in [-0.3, -0.25) is 29.5 Å². The van der Waals surface area contributed by atoms with E-state index >= 15 is 0 Å². The van der Waals surface area contributed by atoms with Gasteiger partial charge >= 0.3 is 0 Å². The molecule has 0 spiro atoms. The maximum absolute atomic E-state index is 12.6. The minimum atomic E-state index is -0.642. The lowest BCUT2D eigenvalue weighted by atomic mass is 9.92. The van der Waals surface area contributed by atoms with E-state index in [1.54, 1.807) is 62.3 Å². The molecular formula is C64H62Cl2N8O6. The first kappa shape index (κ1) is 56.3. The second-order valence-corrected chi connectivity index (χ2v) is 20.3. The van der Waals surface area contributed by atoms with Crippen LogP contribution in [0.2, 0.25) is 10.0 Å². The number of nitrogens with two attached hydrogens (primary N) is 2. The van der Waals surface area contributed by atoms with E-state index in [1.807, 2.05) is 97.1 Å². The van der Waals surface area contributed by atoms with Gasteiger partial charge in [-0.05, 0) is 95.5 Å². The number of hydrogen-bond acceptors (Lipinski definition) is 12. The topological polar surface area (TPSA) is 198 Å². The third kappa shape index (κ3) is 15.0. The van der Waals surface area contributed by atoms with Crippen LogP contribution in [0.4, 0.5) is 0 Å². The summed E-state index contributed by atoms with van der Waals surface area (Å²) < 4.78 is 26.0. The van der Waals surface area contributed by atoms with E-state index in [0.29, 0.717) is 58.0 Å². The lowest BCUT2D eigenvalue weighted by molar-refractivity contribution is -0.120. The highest BCUT2D eigenvalue weighted by Gasteiger charge is 2.22. The zero-order valence-electron chi connectivity index (χ0n) is 44.8. The van der Waals surface area contributed by atoms with Crippen molar-refractivity contribution in [2.45, 2.75) is 78.3 Å². The molecule has 6 aromatic carbocycles. The minimum absolute atomic E-state index is 0.202. The fraction of sp³-hybridized carbons (Fsp3) is 0.219. The SMILES string of the molecule is C/N=C/c1cncc(COc2cc(OCc3cccc(-c4cccc(COc5cc(OCc6cncc(C7=NC7)c6)c(CNC(Cc6ccccc6)C(N)=O)cc5Cl)c4C)c3C)c(Cl)cc2CNC(Cc2ccccc2)C(N)=O)c1. The molecule has 0 saturated carbocycles. The molecular weight excluding hydrogens is 1050 g/mol. The van der Waals surface area contributed by atoms with Gasteiger partial charge in [0.1, 0.15) is 49.4 Å². The second kappa shape index (κ2) is 27.0. The number of ether oxygens (including phenoxy) is 4.